The fraction of sp³-hybridized carbons (Fsp3) is 0.316. The molecule has 0 radical (unpaired) electrons. The first kappa shape index (κ1) is 17.0. The van der Waals surface area contributed by atoms with Crippen LogP contribution in [-0.4, -0.2) is 34.9 Å². The minimum Gasteiger partial charge on any atom is -0.338 e. The standard InChI is InChI=1S/C19H22N4O2/c1-14-9-17(7-8-20-14)22-19(25)21-11-16-10-18(24)23(13-16)12-15-5-3-2-4-6-15/h2-9,16H,10-13H2,1H3,(H2,20,21,22,25). The number of anilines is 1. The molecule has 0 bridgehead atoms. The van der Waals surface area contributed by atoms with Gasteiger partial charge in [-0.2, -0.15) is 0 Å². The lowest BCUT2D eigenvalue weighted by atomic mass is 10.1. The second-order valence-electron chi connectivity index (χ2n) is 6.35. The lowest BCUT2D eigenvalue weighted by Gasteiger charge is -2.17. The molecule has 1 aliphatic rings. The Hall–Kier alpha value is -2.89. The molecule has 1 fully saturated rings. The summed E-state index contributed by atoms with van der Waals surface area (Å²) in [5, 5.41) is 5.63. The maximum absolute atomic E-state index is 12.2. The Morgan fingerprint density at radius 3 is 2.84 bits per heavy atom. The molecule has 6 heteroatoms. The largest absolute Gasteiger partial charge is 0.338 e. The van der Waals surface area contributed by atoms with Crippen molar-refractivity contribution in [3.8, 4) is 0 Å². The average molecular weight is 338 g/mol. The number of pyridine rings is 1. The van der Waals surface area contributed by atoms with Crippen molar-refractivity contribution < 1.29 is 9.59 Å². The number of aromatic nitrogens is 1. The second kappa shape index (κ2) is 7.79. The van der Waals surface area contributed by atoms with Crippen LogP contribution in [0.3, 0.4) is 0 Å². The third-order valence-corrected chi connectivity index (χ3v) is 4.22. The zero-order valence-electron chi connectivity index (χ0n) is 14.2. The molecule has 1 atom stereocenters. The van der Waals surface area contributed by atoms with Crippen molar-refractivity contribution in [1.82, 2.24) is 15.2 Å². The van der Waals surface area contributed by atoms with E-state index in [1.807, 2.05) is 42.2 Å². The first-order valence-corrected chi connectivity index (χ1v) is 8.39. The van der Waals surface area contributed by atoms with E-state index in [9.17, 15) is 9.59 Å². The number of hydrogen-bond donors (Lipinski definition) is 2. The average Bonchev–Trinajstić information content (AvgIpc) is 2.94. The lowest BCUT2D eigenvalue weighted by molar-refractivity contribution is -0.128. The summed E-state index contributed by atoms with van der Waals surface area (Å²) >= 11 is 0. The molecule has 3 rings (SSSR count). The summed E-state index contributed by atoms with van der Waals surface area (Å²) in [6.45, 7) is 3.64. The van der Waals surface area contributed by atoms with Gasteiger partial charge in [0.25, 0.3) is 0 Å². The summed E-state index contributed by atoms with van der Waals surface area (Å²) in [4.78, 5) is 30.1. The number of carbonyl (C=O) groups is 2. The van der Waals surface area contributed by atoms with Crippen LogP contribution in [0.2, 0.25) is 0 Å². The maximum atomic E-state index is 12.2. The van der Waals surface area contributed by atoms with Crippen LogP contribution in [-0.2, 0) is 11.3 Å². The number of carbonyl (C=O) groups excluding carboxylic acids is 2. The van der Waals surface area contributed by atoms with Crippen molar-refractivity contribution in [1.29, 1.82) is 0 Å². The normalized spacial score (nSPS) is 16.8. The molecule has 25 heavy (non-hydrogen) atoms. The molecule has 2 heterocycles. The Bertz CT molecular complexity index is 748. The van der Waals surface area contributed by atoms with Gasteiger partial charge in [-0.1, -0.05) is 30.3 Å². The molecule has 3 amide bonds. The van der Waals surface area contributed by atoms with Crippen molar-refractivity contribution in [3.63, 3.8) is 0 Å². The summed E-state index contributed by atoms with van der Waals surface area (Å²) in [6.07, 6.45) is 2.13. The smallest absolute Gasteiger partial charge is 0.319 e. The Morgan fingerprint density at radius 1 is 1.28 bits per heavy atom. The van der Waals surface area contributed by atoms with E-state index in [-0.39, 0.29) is 17.9 Å². The van der Waals surface area contributed by atoms with Gasteiger partial charge in [-0.3, -0.25) is 9.78 Å². The number of amides is 3. The lowest BCUT2D eigenvalue weighted by Crippen LogP contribution is -2.34. The third kappa shape index (κ3) is 4.79. The van der Waals surface area contributed by atoms with Gasteiger partial charge in [0.1, 0.15) is 0 Å². The zero-order valence-corrected chi connectivity index (χ0v) is 14.2. The van der Waals surface area contributed by atoms with E-state index in [0.29, 0.717) is 31.7 Å². The number of hydrogen-bond acceptors (Lipinski definition) is 3. The van der Waals surface area contributed by atoms with E-state index in [0.717, 1.165) is 11.3 Å². The summed E-state index contributed by atoms with van der Waals surface area (Å²) in [5.74, 6) is 0.280. The van der Waals surface area contributed by atoms with Crippen LogP contribution in [0.5, 0.6) is 0 Å². The molecule has 0 aliphatic carbocycles. The van der Waals surface area contributed by atoms with E-state index >= 15 is 0 Å². The monoisotopic (exact) mass is 338 g/mol. The molecule has 0 spiro atoms. The molecule has 1 unspecified atom stereocenters. The minimum absolute atomic E-state index is 0.140. The molecule has 1 saturated heterocycles. The number of likely N-dealkylation sites (tertiary alicyclic amines) is 1. The highest BCUT2D eigenvalue weighted by atomic mass is 16.2. The van der Waals surface area contributed by atoms with Gasteiger partial charge in [-0.25, -0.2) is 4.79 Å². The molecule has 2 N–H and O–H groups in total. The van der Waals surface area contributed by atoms with Crippen LogP contribution < -0.4 is 10.6 Å². The Kier molecular flexibility index (Phi) is 5.28. The highest BCUT2D eigenvalue weighted by molar-refractivity contribution is 5.89. The van der Waals surface area contributed by atoms with Gasteiger partial charge in [-0.05, 0) is 24.6 Å². The molecule has 2 aromatic rings. The highest BCUT2D eigenvalue weighted by Gasteiger charge is 2.29. The predicted molar refractivity (Wildman–Crippen MR) is 96.0 cm³/mol. The summed E-state index contributed by atoms with van der Waals surface area (Å²) in [7, 11) is 0. The number of aryl methyl sites for hydroxylation is 1. The van der Waals surface area contributed by atoms with Gasteiger partial charge < -0.3 is 15.5 Å². The molecule has 1 aromatic carbocycles. The number of urea groups is 1. The quantitative estimate of drug-likeness (QED) is 0.880. The Balaban J connectivity index is 1.46. The van der Waals surface area contributed by atoms with Crippen molar-refractivity contribution >= 4 is 17.6 Å². The first-order valence-electron chi connectivity index (χ1n) is 8.39. The van der Waals surface area contributed by atoms with Crippen molar-refractivity contribution in [2.45, 2.75) is 19.9 Å². The summed E-state index contributed by atoms with van der Waals surface area (Å²) in [6, 6.07) is 13.2. The van der Waals surface area contributed by atoms with Crippen LogP contribution in [0.15, 0.2) is 48.7 Å². The molecule has 0 saturated carbocycles. The van der Waals surface area contributed by atoms with Crippen molar-refractivity contribution in [2.24, 2.45) is 5.92 Å². The molecule has 6 nitrogen and oxygen atoms in total. The topological polar surface area (TPSA) is 74.3 Å². The van der Waals surface area contributed by atoms with E-state index in [1.54, 1.807) is 18.3 Å². The summed E-state index contributed by atoms with van der Waals surface area (Å²) in [5.41, 5.74) is 2.67. The van der Waals surface area contributed by atoms with Gasteiger partial charge in [0.05, 0.1) is 0 Å². The van der Waals surface area contributed by atoms with Gasteiger partial charge in [0.2, 0.25) is 5.91 Å². The van der Waals surface area contributed by atoms with Gasteiger partial charge >= 0.3 is 6.03 Å². The van der Waals surface area contributed by atoms with E-state index in [1.165, 1.54) is 0 Å². The predicted octanol–water partition coefficient (Wildman–Crippen LogP) is 2.56. The number of nitrogens with zero attached hydrogens (tertiary/aromatic N) is 2. The van der Waals surface area contributed by atoms with Crippen LogP contribution in [0.25, 0.3) is 0 Å². The number of rotatable bonds is 5. The summed E-state index contributed by atoms with van der Waals surface area (Å²) < 4.78 is 0. The van der Waals surface area contributed by atoms with Crippen molar-refractivity contribution in [3.05, 3.63) is 59.9 Å². The van der Waals surface area contributed by atoms with Crippen LogP contribution in [0, 0.1) is 12.8 Å². The molecule has 1 aromatic heterocycles. The maximum Gasteiger partial charge on any atom is 0.319 e. The molecular formula is C19H22N4O2. The second-order valence-corrected chi connectivity index (χ2v) is 6.35. The molecule has 130 valence electrons. The number of nitrogens with one attached hydrogen (secondary N) is 2. The van der Waals surface area contributed by atoms with Gasteiger partial charge in [0, 0.05) is 49.6 Å². The Labute approximate surface area is 147 Å². The third-order valence-electron chi connectivity index (χ3n) is 4.22. The highest BCUT2D eigenvalue weighted by Crippen LogP contribution is 2.19. The van der Waals surface area contributed by atoms with Crippen molar-refractivity contribution in [2.75, 3.05) is 18.4 Å². The zero-order chi connectivity index (χ0) is 17.6. The van der Waals surface area contributed by atoms with Crippen LogP contribution in [0.4, 0.5) is 10.5 Å². The van der Waals surface area contributed by atoms with Gasteiger partial charge in [0.15, 0.2) is 0 Å². The molecule has 1 aliphatic heterocycles. The van der Waals surface area contributed by atoms with E-state index in [4.69, 9.17) is 0 Å². The van der Waals surface area contributed by atoms with E-state index in [2.05, 4.69) is 15.6 Å². The SMILES string of the molecule is Cc1cc(NC(=O)NCC2CC(=O)N(Cc3ccccc3)C2)ccn1. The van der Waals surface area contributed by atoms with Gasteiger partial charge in [-0.15, -0.1) is 0 Å². The van der Waals surface area contributed by atoms with E-state index < -0.39 is 0 Å². The Morgan fingerprint density at radius 2 is 2.08 bits per heavy atom. The number of benzene rings is 1. The minimum atomic E-state index is -0.264. The van der Waals surface area contributed by atoms with Crippen LogP contribution >= 0.6 is 0 Å². The fourth-order valence-electron chi connectivity index (χ4n) is 2.98. The first-order chi connectivity index (χ1) is 12.1. The van der Waals surface area contributed by atoms with Crippen LogP contribution in [0.1, 0.15) is 17.7 Å². The fourth-order valence-corrected chi connectivity index (χ4v) is 2.98. The molecular weight excluding hydrogens is 316 g/mol.